The molecule has 0 atom stereocenters. The fourth-order valence-corrected chi connectivity index (χ4v) is 4.34. The number of nitrogens with zero attached hydrogens (tertiary/aromatic N) is 3. The third-order valence-corrected chi connectivity index (χ3v) is 6.45. The van der Waals surface area contributed by atoms with Gasteiger partial charge in [0, 0.05) is 42.2 Å². The maximum absolute atomic E-state index is 12.6. The third kappa shape index (κ3) is 5.12. The third-order valence-electron chi connectivity index (χ3n) is 4.85. The molecule has 0 aliphatic carbocycles. The average molecular weight is 449 g/mol. The fourth-order valence-electron chi connectivity index (χ4n) is 3.05. The fraction of sp³-hybridized carbons (Fsp3) is 0.450. The van der Waals surface area contributed by atoms with Crippen LogP contribution >= 0.6 is 0 Å². The second-order valence-electron chi connectivity index (χ2n) is 8.34. The lowest BCUT2D eigenvalue weighted by atomic mass is 9.93. The number of sulfonamides is 1. The number of H-pyrrole nitrogens is 1. The number of benzene rings is 1. The van der Waals surface area contributed by atoms with Crippen molar-refractivity contribution >= 4 is 21.6 Å². The van der Waals surface area contributed by atoms with E-state index in [2.05, 4.69) is 46.1 Å². The van der Waals surface area contributed by atoms with E-state index < -0.39 is 10.0 Å². The lowest BCUT2D eigenvalue weighted by molar-refractivity contribution is 0.0953. The van der Waals surface area contributed by atoms with Gasteiger partial charge >= 0.3 is 0 Å². The lowest BCUT2D eigenvalue weighted by Crippen LogP contribution is -2.29. The van der Waals surface area contributed by atoms with Crippen LogP contribution in [0.25, 0.3) is 5.65 Å². The molecule has 168 valence electrons. The molecule has 0 saturated carbocycles. The van der Waals surface area contributed by atoms with Crippen molar-refractivity contribution < 1.29 is 18.3 Å². The van der Waals surface area contributed by atoms with E-state index >= 15 is 0 Å². The number of carbonyl (C=O) groups excluding carboxylic acids is 1. The van der Waals surface area contributed by atoms with Gasteiger partial charge < -0.3 is 10.4 Å². The molecule has 3 rings (SSSR count). The maximum atomic E-state index is 12.6. The lowest BCUT2D eigenvalue weighted by Gasteiger charge is -2.15. The molecule has 10 nitrogen and oxygen atoms in total. The van der Waals surface area contributed by atoms with Gasteiger partial charge in [-0.2, -0.15) is 0 Å². The van der Waals surface area contributed by atoms with Gasteiger partial charge in [0.15, 0.2) is 11.5 Å². The Morgan fingerprint density at radius 2 is 1.94 bits per heavy atom. The highest BCUT2D eigenvalue weighted by Gasteiger charge is 2.20. The van der Waals surface area contributed by atoms with Gasteiger partial charge in [0.05, 0.1) is 11.5 Å². The Balaban J connectivity index is 1.68. The molecule has 11 heteroatoms. The number of aliphatic hydroxyl groups excluding tert-OH is 1. The standard InChI is InChI=1S/C20H28N6O4S/c1-13-5-6-14(11-15(13)31(29,30)22-9-10-27)19(28)21-8-7-17-23-24-18-12-16(20(2,3)4)25-26(17)18/h5-6,11-12,22,25,27H,7-10H2,1-4H3,(H,21,28). The second kappa shape index (κ2) is 8.77. The van der Waals surface area contributed by atoms with E-state index in [1.165, 1.54) is 6.07 Å². The number of aryl methyl sites for hydroxylation is 1. The molecular formula is C20H28N6O4S. The molecule has 1 aromatic carbocycles. The minimum atomic E-state index is -3.81. The summed E-state index contributed by atoms with van der Waals surface area (Å²) in [5.74, 6) is 0.299. The van der Waals surface area contributed by atoms with Gasteiger partial charge in [0.2, 0.25) is 10.0 Å². The summed E-state index contributed by atoms with van der Waals surface area (Å²) in [4.78, 5) is 12.6. The number of aromatic nitrogens is 4. The first-order chi connectivity index (χ1) is 14.5. The Bertz CT molecular complexity index is 1190. The summed E-state index contributed by atoms with van der Waals surface area (Å²) in [6, 6.07) is 6.44. The van der Waals surface area contributed by atoms with Crippen LogP contribution < -0.4 is 10.0 Å². The summed E-state index contributed by atoms with van der Waals surface area (Å²) in [6.07, 6.45) is 0.450. The number of amides is 1. The van der Waals surface area contributed by atoms with Crippen molar-refractivity contribution in [1.29, 1.82) is 0 Å². The van der Waals surface area contributed by atoms with E-state index in [0.717, 1.165) is 11.3 Å². The normalized spacial score (nSPS) is 12.4. The summed E-state index contributed by atoms with van der Waals surface area (Å²) < 4.78 is 28.8. The first kappa shape index (κ1) is 22.9. The van der Waals surface area contributed by atoms with Gasteiger partial charge in [0.25, 0.3) is 5.91 Å². The summed E-state index contributed by atoms with van der Waals surface area (Å²) in [5, 5.41) is 23.3. The molecule has 0 fully saturated rings. The molecule has 0 unspecified atom stereocenters. The highest BCUT2D eigenvalue weighted by molar-refractivity contribution is 7.89. The van der Waals surface area contributed by atoms with Crippen LogP contribution in [0, 0.1) is 6.92 Å². The van der Waals surface area contributed by atoms with Crippen LogP contribution in [0.3, 0.4) is 0 Å². The van der Waals surface area contributed by atoms with Crippen LogP contribution in [0.4, 0.5) is 0 Å². The summed E-state index contributed by atoms with van der Waals surface area (Å²) in [5.41, 5.74) is 2.44. The maximum Gasteiger partial charge on any atom is 0.251 e. The largest absolute Gasteiger partial charge is 0.395 e. The number of rotatable bonds is 8. The van der Waals surface area contributed by atoms with Gasteiger partial charge in [-0.15, -0.1) is 10.2 Å². The number of aromatic amines is 1. The van der Waals surface area contributed by atoms with Crippen molar-refractivity contribution in [1.82, 2.24) is 29.9 Å². The Labute approximate surface area is 181 Å². The number of nitrogens with one attached hydrogen (secondary N) is 3. The number of hydrogen-bond acceptors (Lipinski definition) is 6. The predicted octanol–water partition coefficient (Wildman–Crippen LogP) is 0.906. The Kier molecular flexibility index (Phi) is 6.48. The zero-order valence-electron chi connectivity index (χ0n) is 18.1. The molecule has 0 aliphatic rings. The minimum Gasteiger partial charge on any atom is -0.395 e. The molecule has 0 aliphatic heterocycles. The zero-order chi connectivity index (χ0) is 22.8. The highest BCUT2D eigenvalue weighted by Crippen LogP contribution is 2.22. The van der Waals surface area contributed by atoms with E-state index in [4.69, 9.17) is 5.11 Å². The quantitative estimate of drug-likeness (QED) is 0.404. The van der Waals surface area contributed by atoms with Gasteiger partial charge in [0.1, 0.15) is 0 Å². The van der Waals surface area contributed by atoms with E-state index in [9.17, 15) is 13.2 Å². The SMILES string of the molecule is Cc1ccc(C(=O)NCCc2nnc3cc(C(C)(C)C)[nH]n23)cc1S(=O)(=O)NCCO. The first-order valence-electron chi connectivity index (χ1n) is 9.96. The minimum absolute atomic E-state index is 0.00820. The van der Waals surface area contributed by atoms with Crippen LogP contribution in [-0.2, 0) is 21.9 Å². The van der Waals surface area contributed by atoms with E-state index in [1.807, 2.05) is 6.07 Å². The molecule has 3 aromatic rings. The van der Waals surface area contributed by atoms with Crippen molar-refractivity contribution in [3.8, 4) is 0 Å². The predicted molar refractivity (Wildman–Crippen MR) is 116 cm³/mol. The smallest absolute Gasteiger partial charge is 0.251 e. The molecule has 2 aromatic heterocycles. The van der Waals surface area contributed by atoms with Gasteiger partial charge in [-0.1, -0.05) is 26.8 Å². The summed E-state index contributed by atoms with van der Waals surface area (Å²) in [6.45, 7) is 7.84. The number of carbonyl (C=O) groups is 1. The summed E-state index contributed by atoms with van der Waals surface area (Å²) >= 11 is 0. The second-order valence-corrected chi connectivity index (χ2v) is 10.1. The molecular weight excluding hydrogens is 420 g/mol. The zero-order valence-corrected chi connectivity index (χ0v) is 18.9. The van der Waals surface area contributed by atoms with Gasteiger partial charge in [-0.3, -0.25) is 9.89 Å². The van der Waals surface area contributed by atoms with Crippen LogP contribution in [0.1, 0.15) is 48.2 Å². The van der Waals surface area contributed by atoms with Crippen LogP contribution in [-0.4, -0.2) is 58.9 Å². The highest BCUT2D eigenvalue weighted by atomic mass is 32.2. The molecule has 2 heterocycles. The Hall–Kier alpha value is -2.76. The molecule has 0 spiro atoms. The van der Waals surface area contributed by atoms with Crippen molar-refractivity contribution in [3.05, 3.63) is 46.9 Å². The summed E-state index contributed by atoms with van der Waals surface area (Å²) in [7, 11) is -3.81. The number of fused-ring (bicyclic) bond motifs is 1. The van der Waals surface area contributed by atoms with Crippen LogP contribution in [0.5, 0.6) is 0 Å². The average Bonchev–Trinajstić information content (AvgIpc) is 3.28. The molecule has 1 amide bonds. The molecule has 4 N–H and O–H groups in total. The van der Waals surface area contributed by atoms with Crippen molar-refractivity contribution in [2.45, 2.75) is 44.4 Å². The molecule has 31 heavy (non-hydrogen) atoms. The van der Waals surface area contributed by atoms with Crippen molar-refractivity contribution in [2.75, 3.05) is 19.7 Å². The molecule has 0 bridgehead atoms. The van der Waals surface area contributed by atoms with Crippen LogP contribution in [0.15, 0.2) is 29.2 Å². The first-order valence-corrected chi connectivity index (χ1v) is 11.4. The van der Waals surface area contributed by atoms with Crippen molar-refractivity contribution in [2.24, 2.45) is 0 Å². The Morgan fingerprint density at radius 3 is 2.61 bits per heavy atom. The molecule has 0 saturated heterocycles. The van der Waals surface area contributed by atoms with E-state index in [0.29, 0.717) is 24.4 Å². The van der Waals surface area contributed by atoms with Gasteiger partial charge in [-0.25, -0.2) is 17.7 Å². The molecule has 0 radical (unpaired) electrons. The number of hydrogen-bond donors (Lipinski definition) is 4. The number of aliphatic hydroxyl groups is 1. The Morgan fingerprint density at radius 1 is 1.19 bits per heavy atom. The topological polar surface area (TPSA) is 141 Å². The monoisotopic (exact) mass is 448 g/mol. The van der Waals surface area contributed by atoms with E-state index in [-0.39, 0.29) is 34.9 Å². The van der Waals surface area contributed by atoms with Gasteiger partial charge in [-0.05, 0) is 24.6 Å². The van der Waals surface area contributed by atoms with E-state index in [1.54, 1.807) is 23.6 Å². The van der Waals surface area contributed by atoms with Crippen molar-refractivity contribution in [3.63, 3.8) is 0 Å². The van der Waals surface area contributed by atoms with Crippen LogP contribution in [0.2, 0.25) is 0 Å².